The van der Waals surface area contributed by atoms with E-state index in [1.165, 1.54) is 7.11 Å². The average Bonchev–Trinajstić information content (AvgIpc) is 2.19. The van der Waals surface area contributed by atoms with Crippen LogP contribution in [0.5, 0.6) is 0 Å². The summed E-state index contributed by atoms with van der Waals surface area (Å²) in [6.45, 7) is 7.36. The van der Waals surface area contributed by atoms with Crippen LogP contribution in [0.25, 0.3) is 0 Å². The number of nitrogens with zero attached hydrogens (tertiary/aromatic N) is 1. The lowest BCUT2D eigenvalue weighted by Crippen LogP contribution is -2.36. The standard InChI is InChI=1S/C13H19NO3/c1-10-8-6-7-9-11(10)14(16-5)12(15)17-13(2,3)4/h6-9H,1-5H3. The van der Waals surface area contributed by atoms with Crippen LogP contribution in [-0.2, 0) is 9.57 Å². The predicted molar refractivity (Wildman–Crippen MR) is 66.9 cm³/mol. The van der Waals surface area contributed by atoms with Gasteiger partial charge in [-0.25, -0.2) is 4.79 Å². The van der Waals surface area contributed by atoms with Gasteiger partial charge in [-0.05, 0) is 39.3 Å². The molecular weight excluding hydrogens is 218 g/mol. The van der Waals surface area contributed by atoms with Crippen LogP contribution in [0.15, 0.2) is 24.3 Å². The van der Waals surface area contributed by atoms with Crippen LogP contribution in [0.3, 0.4) is 0 Å². The molecule has 0 radical (unpaired) electrons. The van der Waals surface area contributed by atoms with E-state index in [1.807, 2.05) is 52.0 Å². The van der Waals surface area contributed by atoms with Crippen molar-refractivity contribution >= 4 is 11.8 Å². The molecule has 0 saturated heterocycles. The largest absolute Gasteiger partial charge is 0.442 e. The van der Waals surface area contributed by atoms with E-state index in [1.54, 1.807) is 0 Å². The van der Waals surface area contributed by atoms with Crippen LogP contribution in [0.1, 0.15) is 26.3 Å². The lowest BCUT2D eigenvalue weighted by Gasteiger charge is -2.26. The highest BCUT2D eigenvalue weighted by Crippen LogP contribution is 2.21. The molecule has 0 aliphatic heterocycles. The highest BCUT2D eigenvalue weighted by atomic mass is 16.7. The number of hydrogen-bond acceptors (Lipinski definition) is 3. The number of hydroxylamine groups is 1. The van der Waals surface area contributed by atoms with Crippen LogP contribution < -0.4 is 5.06 Å². The highest BCUT2D eigenvalue weighted by molar-refractivity contribution is 5.86. The van der Waals surface area contributed by atoms with Crippen molar-refractivity contribution in [3.8, 4) is 0 Å². The van der Waals surface area contributed by atoms with Crippen molar-refractivity contribution in [1.82, 2.24) is 0 Å². The van der Waals surface area contributed by atoms with Gasteiger partial charge in [0.05, 0.1) is 12.8 Å². The summed E-state index contributed by atoms with van der Waals surface area (Å²) >= 11 is 0. The van der Waals surface area contributed by atoms with Gasteiger partial charge in [-0.3, -0.25) is 4.84 Å². The molecule has 0 aromatic heterocycles. The molecule has 17 heavy (non-hydrogen) atoms. The molecule has 0 fully saturated rings. The van der Waals surface area contributed by atoms with Gasteiger partial charge in [0.1, 0.15) is 5.60 Å². The maximum atomic E-state index is 11.9. The summed E-state index contributed by atoms with van der Waals surface area (Å²) in [7, 11) is 1.44. The fraction of sp³-hybridized carbons (Fsp3) is 0.462. The number of hydrogen-bond donors (Lipinski definition) is 0. The monoisotopic (exact) mass is 237 g/mol. The minimum absolute atomic E-state index is 0.519. The molecule has 4 heteroatoms. The van der Waals surface area contributed by atoms with Crippen LogP contribution >= 0.6 is 0 Å². The number of carbonyl (C=O) groups excluding carboxylic acids is 1. The summed E-state index contributed by atoms with van der Waals surface area (Å²) in [5.41, 5.74) is 1.08. The number of aryl methyl sites for hydroxylation is 1. The fourth-order valence-electron chi connectivity index (χ4n) is 1.37. The number of ether oxygens (including phenoxy) is 1. The van der Waals surface area contributed by atoms with E-state index < -0.39 is 11.7 Å². The fourth-order valence-corrected chi connectivity index (χ4v) is 1.37. The number of amides is 1. The molecule has 1 amide bonds. The molecule has 0 spiro atoms. The first-order valence-electron chi connectivity index (χ1n) is 5.48. The highest BCUT2D eigenvalue weighted by Gasteiger charge is 2.24. The van der Waals surface area contributed by atoms with Crippen LogP contribution in [0.4, 0.5) is 10.5 Å². The van der Waals surface area contributed by atoms with Gasteiger partial charge in [-0.1, -0.05) is 18.2 Å². The molecule has 4 nitrogen and oxygen atoms in total. The third kappa shape index (κ3) is 3.75. The smallest absolute Gasteiger partial charge is 0.439 e. The maximum Gasteiger partial charge on any atom is 0.439 e. The number of benzene rings is 1. The van der Waals surface area contributed by atoms with Crippen molar-refractivity contribution < 1.29 is 14.4 Å². The molecule has 0 saturated carbocycles. The zero-order valence-corrected chi connectivity index (χ0v) is 11.0. The summed E-state index contributed by atoms with van der Waals surface area (Å²) in [4.78, 5) is 17.0. The molecule has 94 valence electrons. The Morgan fingerprint density at radius 2 is 1.82 bits per heavy atom. The third-order valence-corrected chi connectivity index (χ3v) is 2.08. The lowest BCUT2D eigenvalue weighted by molar-refractivity contribution is 0.0327. The molecule has 0 aliphatic carbocycles. The van der Waals surface area contributed by atoms with E-state index in [2.05, 4.69) is 0 Å². The first-order valence-corrected chi connectivity index (χ1v) is 5.48. The Balaban J connectivity index is 2.93. The SMILES string of the molecule is CON(C(=O)OC(C)(C)C)c1ccccc1C. The van der Waals surface area contributed by atoms with Crippen LogP contribution in [-0.4, -0.2) is 18.8 Å². The van der Waals surface area contributed by atoms with E-state index in [0.717, 1.165) is 10.6 Å². The van der Waals surface area contributed by atoms with E-state index in [-0.39, 0.29) is 0 Å². The molecule has 0 unspecified atom stereocenters. The first-order chi connectivity index (χ1) is 7.85. The molecule has 0 atom stereocenters. The van der Waals surface area contributed by atoms with Crippen molar-refractivity contribution in [2.45, 2.75) is 33.3 Å². The van der Waals surface area contributed by atoms with Crippen molar-refractivity contribution in [1.29, 1.82) is 0 Å². The van der Waals surface area contributed by atoms with E-state index in [0.29, 0.717) is 5.69 Å². The number of anilines is 1. The van der Waals surface area contributed by atoms with Crippen molar-refractivity contribution in [3.63, 3.8) is 0 Å². The molecule has 0 N–H and O–H groups in total. The summed E-state index contributed by atoms with van der Waals surface area (Å²) in [6, 6.07) is 7.47. The maximum absolute atomic E-state index is 11.9. The summed E-state index contributed by atoms with van der Waals surface area (Å²) < 4.78 is 5.26. The van der Waals surface area contributed by atoms with Gasteiger partial charge in [0.25, 0.3) is 0 Å². The Bertz CT molecular complexity index is 396. The van der Waals surface area contributed by atoms with E-state index in [9.17, 15) is 4.79 Å². The topological polar surface area (TPSA) is 38.8 Å². The molecule has 1 aromatic carbocycles. The Labute approximate surface area is 102 Å². The molecule has 0 aliphatic rings. The lowest BCUT2D eigenvalue weighted by atomic mass is 10.2. The van der Waals surface area contributed by atoms with Gasteiger partial charge in [0, 0.05) is 0 Å². The van der Waals surface area contributed by atoms with Crippen molar-refractivity contribution in [2.75, 3.05) is 12.2 Å². The molecular formula is C13H19NO3. The number of para-hydroxylation sites is 1. The average molecular weight is 237 g/mol. The second-order valence-electron chi connectivity index (χ2n) is 4.74. The number of rotatable bonds is 2. The summed E-state index contributed by atoms with van der Waals surface area (Å²) in [6.07, 6.45) is -0.519. The molecule has 1 aromatic rings. The molecule has 0 bridgehead atoms. The molecule has 0 heterocycles. The van der Waals surface area contributed by atoms with E-state index >= 15 is 0 Å². The number of carbonyl (C=O) groups is 1. The second-order valence-corrected chi connectivity index (χ2v) is 4.74. The second kappa shape index (κ2) is 5.19. The zero-order chi connectivity index (χ0) is 13.1. The minimum Gasteiger partial charge on any atom is -0.442 e. The van der Waals surface area contributed by atoms with Gasteiger partial charge < -0.3 is 4.74 Å². The Kier molecular flexibility index (Phi) is 4.12. The van der Waals surface area contributed by atoms with Gasteiger partial charge in [-0.15, -0.1) is 0 Å². The Morgan fingerprint density at radius 1 is 1.24 bits per heavy atom. The zero-order valence-electron chi connectivity index (χ0n) is 11.0. The van der Waals surface area contributed by atoms with Crippen molar-refractivity contribution in [3.05, 3.63) is 29.8 Å². The van der Waals surface area contributed by atoms with Crippen LogP contribution in [0.2, 0.25) is 0 Å². The van der Waals surface area contributed by atoms with Gasteiger partial charge in [-0.2, -0.15) is 5.06 Å². The first kappa shape index (κ1) is 13.5. The Hall–Kier alpha value is -1.55. The van der Waals surface area contributed by atoms with Crippen LogP contribution in [0, 0.1) is 6.92 Å². The molecule has 1 rings (SSSR count). The predicted octanol–water partition coefficient (Wildman–Crippen LogP) is 3.30. The van der Waals surface area contributed by atoms with Gasteiger partial charge in [0.15, 0.2) is 0 Å². The van der Waals surface area contributed by atoms with E-state index in [4.69, 9.17) is 9.57 Å². The van der Waals surface area contributed by atoms with Gasteiger partial charge in [0.2, 0.25) is 0 Å². The van der Waals surface area contributed by atoms with Gasteiger partial charge >= 0.3 is 6.09 Å². The summed E-state index contributed by atoms with van der Waals surface area (Å²) in [5, 5.41) is 1.15. The quantitative estimate of drug-likeness (QED) is 0.741. The minimum atomic E-state index is -0.545. The normalized spacial score (nSPS) is 11.1. The Morgan fingerprint density at radius 3 is 2.29 bits per heavy atom. The van der Waals surface area contributed by atoms with Crippen molar-refractivity contribution in [2.24, 2.45) is 0 Å². The summed E-state index contributed by atoms with van der Waals surface area (Å²) in [5.74, 6) is 0. The third-order valence-electron chi connectivity index (χ3n) is 2.08.